The first-order chi connectivity index (χ1) is 9.49. The quantitative estimate of drug-likeness (QED) is 0.811. The third-order valence-electron chi connectivity index (χ3n) is 5.30. The lowest BCUT2D eigenvalue weighted by Crippen LogP contribution is -2.41. The molecule has 2 fully saturated rings. The van der Waals surface area contributed by atoms with E-state index in [0.717, 1.165) is 24.7 Å². The van der Waals surface area contributed by atoms with Crippen LogP contribution in [0.4, 0.5) is 0 Å². The summed E-state index contributed by atoms with van der Waals surface area (Å²) >= 11 is 5.00. The summed E-state index contributed by atoms with van der Waals surface area (Å²) in [5.41, 5.74) is 5.64. The Morgan fingerprint density at radius 2 is 1.90 bits per heavy atom. The Balaban J connectivity index is 1.87. The molecule has 0 aromatic carbocycles. The highest BCUT2D eigenvalue weighted by molar-refractivity contribution is 7.80. The monoisotopic (exact) mass is 296 g/mol. The van der Waals surface area contributed by atoms with Gasteiger partial charge >= 0.3 is 0 Å². The van der Waals surface area contributed by atoms with Gasteiger partial charge in [0.15, 0.2) is 0 Å². The Morgan fingerprint density at radius 1 is 1.25 bits per heavy atom. The summed E-state index contributed by atoms with van der Waals surface area (Å²) in [6, 6.07) is 0. The van der Waals surface area contributed by atoms with Crippen LogP contribution in [0.15, 0.2) is 0 Å². The van der Waals surface area contributed by atoms with Crippen molar-refractivity contribution in [3.63, 3.8) is 0 Å². The van der Waals surface area contributed by atoms with Crippen LogP contribution in [0.1, 0.15) is 51.9 Å². The van der Waals surface area contributed by atoms with Crippen molar-refractivity contribution in [3.8, 4) is 0 Å². The van der Waals surface area contributed by atoms with Gasteiger partial charge in [0.05, 0.1) is 4.99 Å². The smallest absolute Gasteiger partial charge is 0.225 e. The molecule has 114 valence electrons. The normalized spacial score (nSPS) is 31.2. The molecule has 4 atom stereocenters. The van der Waals surface area contributed by atoms with Gasteiger partial charge in [0, 0.05) is 25.4 Å². The van der Waals surface area contributed by atoms with Crippen LogP contribution in [0.25, 0.3) is 0 Å². The Bertz CT molecular complexity index is 371. The highest BCUT2D eigenvalue weighted by atomic mass is 32.1. The highest BCUT2D eigenvalue weighted by Crippen LogP contribution is 2.43. The molecule has 1 amide bonds. The summed E-state index contributed by atoms with van der Waals surface area (Å²) in [5.74, 6) is 2.33. The Hall–Kier alpha value is -0.640. The minimum Gasteiger partial charge on any atom is -0.393 e. The number of carbonyl (C=O) groups is 1. The third kappa shape index (κ3) is 3.72. The topological polar surface area (TPSA) is 46.3 Å². The number of rotatable bonds is 4. The van der Waals surface area contributed by atoms with Crippen LogP contribution in [0.3, 0.4) is 0 Å². The predicted octanol–water partition coefficient (Wildman–Crippen LogP) is 2.97. The summed E-state index contributed by atoms with van der Waals surface area (Å²) < 4.78 is 0. The average molecular weight is 296 g/mol. The SMILES string of the molecule is CC(CN(C)C(=O)C1CCC2CCCCC2C1)C(N)=S. The first kappa shape index (κ1) is 15.7. The zero-order valence-corrected chi connectivity index (χ0v) is 13.6. The number of carbonyl (C=O) groups excluding carboxylic acids is 1. The van der Waals surface area contributed by atoms with Gasteiger partial charge in [0.25, 0.3) is 0 Å². The fourth-order valence-corrected chi connectivity index (χ4v) is 4.07. The maximum atomic E-state index is 12.6. The van der Waals surface area contributed by atoms with Crippen molar-refractivity contribution in [3.05, 3.63) is 0 Å². The van der Waals surface area contributed by atoms with Crippen molar-refractivity contribution in [1.29, 1.82) is 0 Å². The molecule has 0 radical (unpaired) electrons. The number of fused-ring (bicyclic) bond motifs is 1. The molecule has 20 heavy (non-hydrogen) atoms. The molecule has 0 saturated heterocycles. The van der Waals surface area contributed by atoms with Gasteiger partial charge in [-0.1, -0.05) is 44.8 Å². The van der Waals surface area contributed by atoms with Gasteiger partial charge in [-0.3, -0.25) is 4.79 Å². The second-order valence-corrected chi connectivity index (χ2v) is 7.31. The molecule has 2 N–H and O–H groups in total. The molecule has 3 nitrogen and oxygen atoms in total. The molecule has 0 aromatic heterocycles. The Labute approximate surface area is 128 Å². The minimum absolute atomic E-state index is 0.102. The van der Waals surface area contributed by atoms with E-state index in [9.17, 15) is 4.79 Å². The molecule has 0 spiro atoms. The summed E-state index contributed by atoms with van der Waals surface area (Å²) in [6.45, 7) is 2.64. The zero-order valence-electron chi connectivity index (χ0n) is 12.8. The fraction of sp³-hybridized carbons (Fsp3) is 0.875. The molecule has 2 aliphatic rings. The number of amides is 1. The molecule has 2 saturated carbocycles. The van der Waals surface area contributed by atoms with Crippen LogP contribution in [-0.2, 0) is 4.79 Å². The molecule has 0 heterocycles. The van der Waals surface area contributed by atoms with E-state index in [1.807, 2.05) is 18.9 Å². The number of hydrogen-bond acceptors (Lipinski definition) is 2. The van der Waals surface area contributed by atoms with Crippen molar-refractivity contribution in [2.45, 2.75) is 51.9 Å². The van der Waals surface area contributed by atoms with Gasteiger partial charge in [-0.25, -0.2) is 0 Å². The fourth-order valence-electron chi connectivity index (χ4n) is 4.00. The van der Waals surface area contributed by atoms with Crippen molar-refractivity contribution < 1.29 is 4.79 Å². The molecular formula is C16H28N2OS. The summed E-state index contributed by atoms with van der Waals surface area (Å²) in [5, 5.41) is 0. The lowest BCUT2D eigenvalue weighted by Gasteiger charge is -2.39. The molecular weight excluding hydrogens is 268 g/mol. The second kappa shape index (κ2) is 6.88. The molecule has 4 heteroatoms. The third-order valence-corrected chi connectivity index (χ3v) is 5.70. The van der Waals surface area contributed by atoms with Crippen molar-refractivity contribution >= 4 is 23.1 Å². The summed E-state index contributed by atoms with van der Waals surface area (Å²) in [7, 11) is 1.89. The first-order valence-corrected chi connectivity index (χ1v) is 8.44. The molecule has 0 aliphatic heterocycles. The summed E-state index contributed by atoms with van der Waals surface area (Å²) in [4.78, 5) is 14.9. The maximum Gasteiger partial charge on any atom is 0.225 e. The van der Waals surface area contributed by atoms with Crippen LogP contribution in [0.2, 0.25) is 0 Å². The van der Waals surface area contributed by atoms with Crippen LogP contribution in [0, 0.1) is 23.7 Å². The van der Waals surface area contributed by atoms with E-state index >= 15 is 0 Å². The van der Waals surface area contributed by atoms with E-state index in [1.54, 1.807) is 0 Å². The minimum atomic E-state index is 0.102. The number of nitrogens with two attached hydrogens (primary N) is 1. The number of thiocarbonyl (C=S) groups is 1. The van der Waals surface area contributed by atoms with E-state index in [0.29, 0.717) is 17.4 Å². The van der Waals surface area contributed by atoms with E-state index < -0.39 is 0 Å². The Kier molecular flexibility index (Phi) is 5.42. The molecule has 2 rings (SSSR count). The number of hydrogen-bond donors (Lipinski definition) is 1. The van der Waals surface area contributed by atoms with Gasteiger partial charge in [0.1, 0.15) is 0 Å². The number of nitrogens with zero attached hydrogens (tertiary/aromatic N) is 1. The van der Waals surface area contributed by atoms with Crippen molar-refractivity contribution in [2.24, 2.45) is 29.4 Å². The van der Waals surface area contributed by atoms with E-state index in [-0.39, 0.29) is 11.8 Å². The van der Waals surface area contributed by atoms with Crippen LogP contribution < -0.4 is 5.73 Å². The highest BCUT2D eigenvalue weighted by Gasteiger charge is 2.36. The van der Waals surface area contributed by atoms with Gasteiger partial charge < -0.3 is 10.6 Å². The molecule has 0 bridgehead atoms. The maximum absolute atomic E-state index is 12.6. The van der Waals surface area contributed by atoms with Crippen LogP contribution in [0.5, 0.6) is 0 Å². The van der Waals surface area contributed by atoms with E-state index in [1.165, 1.54) is 32.1 Å². The van der Waals surface area contributed by atoms with Crippen LogP contribution >= 0.6 is 12.2 Å². The van der Waals surface area contributed by atoms with Crippen molar-refractivity contribution in [2.75, 3.05) is 13.6 Å². The largest absolute Gasteiger partial charge is 0.393 e. The first-order valence-electron chi connectivity index (χ1n) is 8.03. The Morgan fingerprint density at radius 3 is 2.55 bits per heavy atom. The standard InChI is InChI=1S/C16H28N2OS/c1-11(15(17)20)10-18(2)16(19)14-8-7-12-5-3-4-6-13(12)9-14/h11-14H,3-10H2,1-2H3,(H2,17,20). The molecule has 0 aromatic rings. The average Bonchev–Trinajstić information content (AvgIpc) is 2.45. The van der Waals surface area contributed by atoms with Gasteiger partial charge in [-0.15, -0.1) is 0 Å². The molecule has 4 unspecified atom stereocenters. The lowest BCUT2D eigenvalue weighted by molar-refractivity contribution is -0.136. The van der Waals surface area contributed by atoms with Crippen molar-refractivity contribution in [1.82, 2.24) is 4.90 Å². The lowest BCUT2D eigenvalue weighted by atomic mass is 9.67. The van der Waals surface area contributed by atoms with E-state index in [4.69, 9.17) is 18.0 Å². The van der Waals surface area contributed by atoms with Gasteiger partial charge in [-0.05, 0) is 31.1 Å². The predicted molar refractivity (Wildman–Crippen MR) is 86.4 cm³/mol. The molecule has 2 aliphatic carbocycles. The van der Waals surface area contributed by atoms with Gasteiger partial charge in [0.2, 0.25) is 5.91 Å². The second-order valence-electron chi connectivity index (χ2n) is 6.84. The van der Waals surface area contributed by atoms with Gasteiger partial charge in [-0.2, -0.15) is 0 Å². The summed E-state index contributed by atoms with van der Waals surface area (Å²) in [6.07, 6.45) is 8.91. The zero-order chi connectivity index (χ0) is 14.7. The van der Waals surface area contributed by atoms with E-state index in [2.05, 4.69) is 0 Å². The van der Waals surface area contributed by atoms with Crippen LogP contribution in [-0.4, -0.2) is 29.4 Å².